The average molecular weight is 285 g/mol. The molecule has 10 heteroatoms. The Morgan fingerprint density at radius 3 is 1.78 bits per heavy atom. The summed E-state index contributed by atoms with van der Waals surface area (Å²) in [5, 5.41) is 0. The Morgan fingerprint density at radius 2 is 1.50 bits per heavy atom. The molecule has 0 heterocycles. The Kier molecular flexibility index (Phi) is 4.37. The predicted octanol–water partition coefficient (Wildman–Crippen LogP) is 2.59. The summed E-state index contributed by atoms with van der Waals surface area (Å²) < 4.78 is 98.9. The lowest BCUT2D eigenvalue weighted by Crippen LogP contribution is -2.60. The second-order valence-corrected chi connectivity index (χ2v) is 3.33. The summed E-state index contributed by atoms with van der Waals surface area (Å²) in [7, 11) is 0. The van der Waals surface area contributed by atoms with Crippen molar-refractivity contribution >= 4 is 5.78 Å². The van der Waals surface area contributed by atoms with Gasteiger partial charge in [-0.15, -0.1) is 0 Å². The largest absolute Gasteiger partial charge is 0.402 e. The molecule has 0 aliphatic heterocycles. The van der Waals surface area contributed by atoms with Gasteiger partial charge in [0.25, 0.3) is 0 Å². The molecule has 106 valence electrons. The Hall–Kier alpha value is -1.35. The first-order chi connectivity index (χ1) is 7.78. The van der Waals surface area contributed by atoms with E-state index in [1.807, 2.05) is 0 Å². The second-order valence-electron chi connectivity index (χ2n) is 3.33. The zero-order valence-electron chi connectivity index (χ0n) is 8.66. The molecule has 18 heavy (non-hydrogen) atoms. The number of halogens is 8. The molecule has 0 amide bonds. The number of carbonyl (C=O) groups is 1. The summed E-state index contributed by atoms with van der Waals surface area (Å²) in [6, 6.07) is 0. The normalized spacial score (nSPS) is 15.1. The van der Waals surface area contributed by atoms with Crippen molar-refractivity contribution in [2.75, 3.05) is 0 Å². The number of carbonyl (C=O) groups excluding carboxylic acids is 1. The van der Waals surface area contributed by atoms with Gasteiger partial charge < -0.3 is 5.73 Å². The van der Waals surface area contributed by atoms with Crippen LogP contribution in [0.5, 0.6) is 0 Å². The topological polar surface area (TPSA) is 43.1 Å². The molecule has 0 aromatic carbocycles. The fourth-order valence-corrected chi connectivity index (χ4v) is 0.798. The van der Waals surface area contributed by atoms with E-state index in [0.29, 0.717) is 0 Å². The first-order valence-electron chi connectivity index (χ1n) is 4.18. The van der Waals surface area contributed by atoms with Crippen LogP contribution < -0.4 is 5.73 Å². The van der Waals surface area contributed by atoms with Crippen molar-refractivity contribution in [3.8, 4) is 0 Å². The summed E-state index contributed by atoms with van der Waals surface area (Å²) in [4.78, 5) is 10.6. The number of ketones is 1. The van der Waals surface area contributed by atoms with Crippen LogP contribution in [0, 0.1) is 0 Å². The minimum absolute atomic E-state index is 0.241. The van der Waals surface area contributed by atoms with E-state index in [0.717, 1.165) is 6.92 Å². The third-order valence-corrected chi connectivity index (χ3v) is 1.76. The van der Waals surface area contributed by atoms with Crippen LogP contribution in [0.25, 0.3) is 0 Å². The molecule has 2 nitrogen and oxygen atoms in total. The van der Waals surface area contributed by atoms with Gasteiger partial charge in [0, 0.05) is 11.8 Å². The summed E-state index contributed by atoms with van der Waals surface area (Å²) in [5.41, 5.74) is 4.06. The lowest BCUT2D eigenvalue weighted by Gasteiger charge is -2.30. The molecular weight excluding hydrogens is 278 g/mol. The highest BCUT2D eigenvalue weighted by atomic mass is 19.4. The Balaban J connectivity index is 5.59. The van der Waals surface area contributed by atoms with Gasteiger partial charge in [-0.1, -0.05) is 0 Å². The molecular formula is C8H7F8NO. The van der Waals surface area contributed by atoms with Crippen LogP contribution in [0.1, 0.15) is 6.92 Å². The number of rotatable bonds is 5. The number of hydrogen-bond donors (Lipinski definition) is 1. The SMILES string of the molecule is C/C(N)=C/C(=O)C(F)(F)C(F)(F)C(F)(F)C(F)F. The monoisotopic (exact) mass is 285 g/mol. The quantitative estimate of drug-likeness (QED) is 0.623. The van der Waals surface area contributed by atoms with E-state index in [9.17, 15) is 39.9 Å². The minimum atomic E-state index is -6.54. The smallest absolute Gasteiger partial charge is 0.385 e. The van der Waals surface area contributed by atoms with E-state index in [2.05, 4.69) is 0 Å². The highest BCUT2D eigenvalue weighted by molar-refractivity contribution is 5.97. The van der Waals surface area contributed by atoms with Crippen LogP contribution >= 0.6 is 0 Å². The van der Waals surface area contributed by atoms with Crippen molar-refractivity contribution in [2.45, 2.75) is 31.1 Å². The average Bonchev–Trinajstić information content (AvgIpc) is 2.15. The highest BCUT2D eigenvalue weighted by Gasteiger charge is 2.77. The van der Waals surface area contributed by atoms with Crippen molar-refractivity contribution in [2.24, 2.45) is 5.73 Å². The van der Waals surface area contributed by atoms with Crippen LogP contribution in [0.4, 0.5) is 35.1 Å². The van der Waals surface area contributed by atoms with Crippen molar-refractivity contribution < 1.29 is 39.9 Å². The van der Waals surface area contributed by atoms with E-state index in [4.69, 9.17) is 5.73 Å². The van der Waals surface area contributed by atoms with Gasteiger partial charge in [-0.3, -0.25) is 4.79 Å². The first-order valence-corrected chi connectivity index (χ1v) is 4.18. The summed E-state index contributed by atoms with van der Waals surface area (Å²) >= 11 is 0. The third-order valence-electron chi connectivity index (χ3n) is 1.76. The van der Waals surface area contributed by atoms with Crippen LogP contribution in [0.2, 0.25) is 0 Å². The minimum Gasteiger partial charge on any atom is -0.402 e. The predicted molar refractivity (Wildman–Crippen MR) is 43.8 cm³/mol. The van der Waals surface area contributed by atoms with E-state index < -0.39 is 35.7 Å². The molecule has 0 radical (unpaired) electrons. The first kappa shape index (κ1) is 16.6. The Labute approximate surface area is 95.4 Å². The molecule has 0 aliphatic rings. The molecule has 0 aromatic rings. The maximum absolute atomic E-state index is 12.8. The number of hydrogen-bond acceptors (Lipinski definition) is 2. The molecule has 0 rings (SSSR count). The summed E-state index contributed by atoms with van der Waals surface area (Å²) in [5.74, 6) is -21.7. The fourth-order valence-electron chi connectivity index (χ4n) is 0.798. The van der Waals surface area contributed by atoms with Gasteiger partial charge in [-0.2, -0.15) is 26.3 Å². The molecule has 0 saturated carbocycles. The van der Waals surface area contributed by atoms with Crippen LogP contribution in [-0.4, -0.2) is 30.0 Å². The number of alkyl halides is 8. The second kappa shape index (κ2) is 4.73. The molecule has 0 fully saturated rings. The Bertz CT molecular complexity index is 358. The molecule has 2 N–H and O–H groups in total. The molecule has 0 aromatic heterocycles. The maximum Gasteiger partial charge on any atom is 0.385 e. The van der Waals surface area contributed by atoms with Crippen molar-refractivity contribution in [3.05, 3.63) is 11.8 Å². The van der Waals surface area contributed by atoms with Gasteiger partial charge in [0.2, 0.25) is 5.78 Å². The number of nitrogens with two attached hydrogens (primary N) is 1. The molecule has 0 bridgehead atoms. The van der Waals surface area contributed by atoms with Crippen LogP contribution in [-0.2, 0) is 4.79 Å². The van der Waals surface area contributed by atoms with E-state index in [1.54, 1.807) is 0 Å². The zero-order chi connectivity index (χ0) is 14.9. The van der Waals surface area contributed by atoms with Gasteiger partial charge in [-0.05, 0) is 6.92 Å². The molecule has 0 saturated heterocycles. The molecule has 0 atom stereocenters. The standard InChI is InChI=1S/C8H7F8NO/c1-3(17)2-4(18)6(11,12)8(15,16)7(13,14)5(9)10/h2,5H,17H2,1H3/b3-2-. The van der Waals surface area contributed by atoms with Crippen LogP contribution in [0.3, 0.4) is 0 Å². The Morgan fingerprint density at radius 1 is 1.11 bits per heavy atom. The van der Waals surface area contributed by atoms with Gasteiger partial charge >= 0.3 is 24.2 Å². The molecule has 0 spiro atoms. The third kappa shape index (κ3) is 2.56. The van der Waals surface area contributed by atoms with E-state index >= 15 is 0 Å². The lowest BCUT2D eigenvalue weighted by molar-refractivity contribution is -0.326. The summed E-state index contributed by atoms with van der Waals surface area (Å²) in [6.45, 7) is 0.845. The number of allylic oxidation sites excluding steroid dienone is 2. The van der Waals surface area contributed by atoms with Crippen LogP contribution in [0.15, 0.2) is 11.8 Å². The van der Waals surface area contributed by atoms with Crippen molar-refractivity contribution in [1.29, 1.82) is 0 Å². The zero-order valence-corrected chi connectivity index (χ0v) is 8.66. The van der Waals surface area contributed by atoms with E-state index in [-0.39, 0.29) is 6.08 Å². The molecule has 0 aliphatic carbocycles. The van der Waals surface area contributed by atoms with Gasteiger partial charge in [0.15, 0.2) is 0 Å². The molecule has 0 unspecified atom stereocenters. The van der Waals surface area contributed by atoms with Gasteiger partial charge in [0.1, 0.15) is 0 Å². The van der Waals surface area contributed by atoms with E-state index in [1.165, 1.54) is 0 Å². The fraction of sp³-hybridized carbons (Fsp3) is 0.625. The van der Waals surface area contributed by atoms with Gasteiger partial charge in [-0.25, -0.2) is 8.78 Å². The highest BCUT2D eigenvalue weighted by Crippen LogP contribution is 2.48. The summed E-state index contributed by atoms with van der Waals surface area (Å²) in [6.07, 6.45) is -5.30. The van der Waals surface area contributed by atoms with Crippen molar-refractivity contribution in [3.63, 3.8) is 0 Å². The van der Waals surface area contributed by atoms with Crippen molar-refractivity contribution in [1.82, 2.24) is 0 Å². The maximum atomic E-state index is 12.8. The lowest BCUT2D eigenvalue weighted by atomic mass is 10.0. The van der Waals surface area contributed by atoms with Gasteiger partial charge in [0.05, 0.1) is 0 Å².